The smallest absolute Gasteiger partial charge is 0.232 e. The number of nitrogens with zero attached hydrogens (tertiary/aromatic N) is 2. The molecule has 1 aliphatic heterocycles. The van der Waals surface area contributed by atoms with Gasteiger partial charge in [-0.05, 0) is 20.3 Å². The zero-order valence-corrected chi connectivity index (χ0v) is 11.5. The van der Waals surface area contributed by atoms with Gasteiger partial charge in [0.25, 0.3) is 0 Å². The van der Waals surface area contributed by atoms with Crippen molar-refractivity contribution in [2.24, 2.45) is 0 Å². The number of aryl methyl sites for hydroxylation is 2. The molecule has 5 nitrogen and oxygen atoms in total. The summed E-state index contributed by atoms with van der Waals surface area (Å²) in [7, 11) is 0. The van der Waals surface area contributed by atoms with E-state index in [1.807, 2.05) is 13.8 Å². The molecule has 0 unspecified atom stereocenters. The number of β-amino-alcohol motifs (C(OH)–C–C–N with tert-alkyl or cyclic N) is 1. The predicted molar refractivity (Wildman–Crippen MR) is 69.3 cm³/mol. The summed E-state index contributed by atoms with van der Waals surface area (Å²) in [6.45, 7) is 4.94. The standard InChI is InChI=1S/C12H18N2O3S/c1-8-11(9(2)17-13-8)6-18-7-12(16)14-4-3-10(15)5-14/h10,15H,3-7H2,1-2H3/t10-/m0/s1. The van der Waals surface area contributed by atoms with Crippen LogP contribution in [0, 0.1) is 13.8 Å². The average molecular weight is 270 g/mol. The van der Waals surface area contributed by atoms with Gasteiger partial charge >= 0.3 is 0 Å². The van der Waals surface area contributed by atoms with Gasteiger partial charge in [0.15, 0.2) is 0 Å². The number of hydrogen-bond donors (Lipinski definition) is 1. The van der Waals surface area contributed by atoms with Crippen molar-refractivity contribution in [1.29, 1.82) is 0 Å². The van der Waals surface area contributed by atoms with Crippen LogP contribution in [0.25, 0.3) is 0 Å². The predicted octanol–water partition coefficient (Wildman–Crippen LogP) is 1.12. The summed E-state index contributed by atoms with van der Waals surface area (Å²) >= 11 is 1.56. The van der Waals surface area contributed by atoms with E-state index in [0.717, 1.165) is 22.8 Å². The molecule has 0 aliphatic carbocycles. The average Bonchev–Trinajstić information content (AvgIpc) is 2.89. The summed E-state index contributed by atoms with van der Waals surface area (Å²) in [6.07, 6.45) is 0.349. The quantitative estimate of drug-likeness (QED) is 0.888. The van der Waals surface area contributed by atoms with Crippen molar-refractivity contribution in [3.8, 4) is 0 Å². The van der Waals surface area contributed by atoms with E-state index in [1.165, 1.54) is 0 Å². The molecule has 1 aromatic heterocycles. The first-order chi connectivity index (χ1) is 8.58. The van der Waals surface area contributed by atoms with Crippen molar-refractivity contribution in [2.75, 3.05) is 18.8 Å². The van der Waals surface area contributed by atoms with Gasteiger partial charge in [0.05, 0.1) is 17.6 Å². The highest BCUT2D eigenvalue weighted by Crippen LogP contribution is 2.20. The number of likely N-dealkylation sites (tertiary alicyclic amines) is 1. The van der Waals surface area contributed by atoms with Gasteiger partial charge in [-0.15, -0.1) is 11.8 Å². The minimum absolute atomic E-state index is 0.100. The first kappa shape index (κ1) is 13.4. The van der Waals surface area contributed by atoms with E-state index in [2.05, 4.69) is 5.16 Å². The first-order valence-corrected chi connectivity index (χ1v) is 7.18. The summed E-state index contributed by atoms with van der Waals surface area (Å²) in [4.78, 5) is 13.6. The monoisotopic (exact) mass is 270 g/mol. The molecule has 0 saturated carbocycles. The Bertz CT molecular complexity index is 413. The Balaban J connectivity index is 1.77. The molecule has 1 saturated heterocycles. The van der Waals surface area contributed by atoms with Crippen molar-refractivity contribution in [1.82, 2.24) is 10.1 Å². The summed E-state index contributed by atoms with van der Waals surface area (Å²) in [5.74, 6) is 2.10. The fourth-order valence-corrected chi connectivity index (χ4v) is 3.08. The van der Waals surface area contributed by atoms with Gasteiger partial charge in [-0.2, -0.15) is 0 Å². The first-order valence-electron chi connectivity index (χ1n) is 6.03. The highest BCUT2D eigenvalue weighted by Gasteiger charge is 2.24. The lowest BCUT2D eigenvalue weighted by Crippen LogP contribution is -2.31. The third kappa shape index (κ3) is 3.05. The Kier molecular flexibility index (Phi) is 4.29. The Labute approximate surface area is 111 Å². The number of carbonyl (C=O) groups excluding carboxylic acids is 1. The molecule has 1 fully saturated rings. The third-order valence-corrected chi connectivity index (χ3v) is 4.11. The summed E-state index contributed by atoms with van der Waals surface area (Å²) in [6, 6.07) is 0. The number of aromatic nitrogens is 1. The Morgan fingerprint density at radius 2 is 2.39 bits per heavy atom. The molecule has 1 atom stereocenters. The van der Waals surface area contributed by atoms with Crippen LogP contribution in [0.1, 0.15) is 23.4 Å². The maximum Gasteiger partial charge on any atom is 0.232 e. The number of aliphatic hydroxyl groups excluding tert-OH is 1. The summed E-state index contributed by atoms with van der Waals surface area (Å²) in [5.41, 5.74) is 1.97. The van der Waals surface area contributed by atoms with E-state index < -0.39 is 0 Å². The van der Waals surface area contributed by atoms with Gasteiger partial charge in [0, 0.05) is 24.4 Å². The second kappa shape index (κ2) is 5.75. The Hall–Kier alpha value is -1.01. The van der Waals surface area contributed by atoms with Crippen LogP contribution in [0.3, 0.4) is 0 Å². The van der Waals surface area contributed by atoms with E-state index in [4.69, 9.17) is 4.52 Å². The topological polar surface area (TPSA) is 66.6 Å². The van der Waals surface area contributed by atoms with Gasteiger partial charge in [-0.3, -0.25) is 4.79 Å². The SMILES string of the molecule is Cc1noc(C)c1CSCC(=O)N1CC[C@H](O)C1. The lowest BCUT2D eigenvalue weighted by atomic mass is 10.2. The Morgan fingerprint density at radius 1 is 1.61 bits per heavy atom. The number of rotatable bonds is 4. The second-order valence-corrected chi connectivity index (χ2v) is 5.56. The lowest BCUT2D eigenvalue weighted by molar-refractivity contribution is -0.127. The molecule has 18 heavy (non-hydrogen) atoms. The largest absolute Gasteiger partial charge is 0.391 e. The van der Waals surface area contributed by atoms with Crippen molar-refractivity contribution in [3.63, 3.8) is 0 Å². The molecule has 1 aliphatic rings. The van der Waals surface area contributed by atoms with E-state index in [9.17, 15) is 9.90 Å². The van der Waals surface area contributed by atoms with Crippen molar-refractivity contribution < 1.29 is 14.4 Å². The maximum absolute atomic E-state index is 11.8. The van der Waals surface area contributed by atoms with Crippen molar-refractivity contribution in [2.45, 2.75) is 32.1 Å². The van der Waals surface area contributed by atoms with Crippen LogP contribution in [-0.4, -0.2) is 46.0 Å². The second-order valence-electron chi connectivity index (χ2n) is 4.58. The third-order valence-electron chi connectivity index (χ3n) is 3.17. The number of aliphatic hydroxyl groups is 1. The molecular weight excluding hydrogens is 252 g/mol. The number of carbonyl (C=O) groups is 1. The molecule has 0 bridgehead atoms. The normalized spacial score (nSPS) is 19.5. The van der Waals surface area contributed by atoms with Gasteiger partial charge in [0.1, 0.15) is 5.76 Å². The molecule has 0 radical (unpaired) electrons. The molecule has 0 spiro atoms. The number of amides is 1. The van der Waals surface area contributed by atoms with Crippen molar-refractivity contribution in [3.05, 3.63) is 17.0 Å². The molecule has 1 N–H and O–H groups in total. The van der Waals surface area contributed by atoms with Gasteiger partial charge in [-0.1, -0.05) is 5.16 Å². The van der Waals surface area contributed by atoms with E-state index in [0.29, 0.717) is 25.3 Å². The molecule has 1 amide bonds. The lowest BCUT2D eigenvalue weighted by Gasteiger charge is -2.14. The van der Waals surface area contributed by atoms with Crippen LogP contribution in [0.5, 0.6) is 0 Å². The number of thioether (sulfide) groups is 1. The zero-order valence-electron chi connectivity index (χ0n) is 10.7. The highest BCUT2D eigenvalue weighted by molar-refractivity contribution is 7.99. The van der Waals surface area contributed by atoms with E-state index in [-0.39, 0.29) is 12.0 Å². The van der Waals surface area contributed by atoms with Crippen LogP contribution in [-0.2, 0) is 10.5 Å². The zero-order chi connectivity index (χ0) is 13.1. The Morgan fingerprint density at radius 3 is 2.94 bits per heavy atom. The van der Waals surface area contributed by atoms with Crippen LogP contribution < -0.4 is 0 Å². The molecule has 100 valence electrons. The van der Waals surface area contributed by atoms with Crippen LogP contribution in [0.4, 0.5) is 0 Å². The summed E-state index contributed by atoms with van der Waals surface area (Å²) < 4.78 is 5.07. The van der Waals surface area contributed by atoms with Crippen LogP contribution >= 0.6 is 11.8 Å². The highest BCUT2D eigenvalue weighted by atomic mass is 32.2. The fraction of sp³-hybridized carbons (Fsp3) is 0.667. The van der Waals surface area contributed by atoms with Crippen molar-refractivity contribution >= 4 is 17.7 Å². The maximum atomic E-state index is 11.8. The summed E-state index contributed by atoms with van der Waals surface area (Å²) in [5, 5.41) is 13.3. The van der Waals surface area contributed by atoms with Crippen LogP contribution in [0.2, 0.25) is 0 Å². The minimum Gasteiger partial charge on any atom is -0.391 e. The molecule has 1 aromatic rings. The fourth-order valence-electron chi connectivity index (χ4n) is 2.01. The number of hydrogen-bond acceptors (Lipinski definition) is 5. The molecule has 0 aromatic carbocycles. The van der Waals surface area contributed by atoms with Gasteiger partial charge in [0.2, 0.25) is 5.91 Å². The van der Waals surface area contributed by atoms with Gasteiger partial charge in [-0.25, -0.2) is 0 Å². The molecule has 2 heterocycles. The van der Waals surface area contributed by atoms with Gasteiger partial charge < -0.3 is 14.5 Å². The molecule has 2 rings (SSSR count). The minimum atomic E-state index is -0.346. The molecular formula is C12H18N2O3S. The van der Waals surface area contributed by atoms with E-state index in [1.54, 1.807) is 16.7 Å². The van der Waals surface area contributed by atoms with Crippen LogP contribution in [0.15, 0.2) is 4.52 Å². The molecule has 6 heteroatoms. The van der Waals surface area contributed by atoms with E-state index >= 15 is 0 Å².